The molecule has 0 atom stereocenters. The fraction of sp³-hybridized carbons (Fsp3) is 0.167. The van der Waals surface area contributed by atoms with E-state index in [1.54, 1.807) is 6.07 Å². The van der Waals surface area contributed by atoms with Gasteiger partial charge in [-0.15, -0.1) is 0 Å². The van der Waals surface area contributed by atoms with Crippen LogP contribution in [0.25, 0.3) is 11.0 Å². The van der Waals surface area contributed by atoms with Gasteiger partial charge in [-0.05, 0) is 55.3 Å². The van der Waals surface area contributed by atoms with Crippen LogP contribution in [0, 0.1) is 11.6 Å². The SMILES string of the molecule is CCn1c(CCc2cccc(NC(=O)Nc3cc(F)ccc3F)c2)nc2ccccc21. The molecule has 3 aromatic carbocycles. The molecule has 0 radical (unpaired) electrons. The van der Waals surface area contributed by atoms with Crippen LogP contribution in [0.15, 0.2) is 66.7 Å². The number of fused-ring (bicyclic) bond motifs is 1. The van der Waals surface area contributed by atoms with Crippen LogP contribution < -0.4 is 10.6 Å². The summed E-state index contributed by atoms with van der Waals surface area (Å²) in [5.41, 5.74) is 3.49. The van der Waals surface area contributed by atoms with Gasteiger partial charge in [-0.25, -0.2) is 18.6 Å². The van der Waals surface area contributed by atoms with Crippen LogP contribution in [-0.4, -0.2) is 15.6 Å². The molecule has 4 aromatic rings. The Morgan fingerprint density at radius 1 is 0.968 bits per heavy atom. The molecule has 7 heteroatoms. The number of imidazole rings is 1. The molecular formula is C24H22F2N4O. The molecule has 0 unspecified atom stereocenters. The molecule has 5 nitrogen and oxygen atoms in total. The van der Waals surface area contributed by atoms with Crippen molar-refractivity contribution in [2.45, 2.75) is 26.3 Å². The highest BCUT2D eigenvalue weighted by molar-refractivity contribution is 5.99. The summed E-state index contributed by atoms with van der Waals surface area (Å²) in [7, 11) is 0. The molecule has 0 aliphatic heterocycles. The second-order valence-corrected chi connectivity index (χ2v) is 7.16. The molecule has 0 fully saturated rings. The van der Waals surface area contributed by atoms with Crippen molar-refractivity contribution in [2.75, 3.05) is 10.6 Å². The third-order valence-electron chi connectivity index (χ3n) is 5.05. The lowest BCUT2D eigenvalue weighted by atomic mass is 10.1. The van der Waals surface area contributed by atoms with E-state index in [0.717, 1.165) is 60.0 Å². The van der Waals surface area contributed by atoms with E-state index < -0.39 is 17.7 Å². The average Bonchev–Trinajstić information content (AvgIpc) is 3.12. The quantitative estimate of drug-likeness (QED) is 0.416. The lowest BCUT2D eigenvalue weighted by Crippen LogP contribution is -2.20. The van der Waals surface area contributed by atoms with E-state index in [4.69, 9.17) is 4.98 Å². The number of carbonyl (C=O) groups excluding carboxylic acids is 1. The molecule has 0 saturated heterocycles. The topological polar surface area (TPSA) is 59.0 Å². The minimum absolute atomic E-state index is 0.216. The number of aryl methyl sites for hydroxylation is 3. The third-order valence-corrected chi connectivity index (χ3v) is 5.05. The van der Waals surface area contributed by atoms with Gasteiger partial charge in [-0.1, -0.05) is 24.3 Å². The molecule has 0 saturated carbocycles. The number of amides is 2. The molecule has 0 aliphatic carbocycles. The first-order chi connectivity index (χ1) is 15.0. The van der Waals surface area contributed by atoms with Gasteiger partial charge in [-0.2, -0.15) is 0 Å². The summed E-state index contributed by atoms with van der Waals surface area (Å²) in [6, 6.07) is 17.8. The molecule has 0 aliphatic rings. The van der Waals surface area contributed by atoms with Crippen LogP contribution >= 0.6 is 0 Å². The maximum atomic E-state index is 13.7. The maximum absolute atomic E-state index is 13.7. The molecule has 2 amide bonds. The normalized spacial score (nSPS) is 10.9. The summed E-state index contributed by atoms with van der Waals surface area (Å²) < 4.78 is 29.2. The number of benzene rings is 3. The fourth-order valence-electron chi connectivity index (χ4n) is 3.61. The zero-order valence-corrected chi connectivity index (χ0v) is 17.0. The van der Waals surface area contributed by atoms with E-state index in [0.29, 0.717) is 5.69 Å². The molecular weight excluding hydrogens is 398 g/mol. The Morgan fingerprint density at radius 3 is 2.65 bits per heavy atom. The molecule has 2 N–H and O–H groups in total. The van der Waals surface area contributed by atoms with Crippen molar-refractivity contribution in [1.29, 1.82) is 0 Å². The molecule has 1 aromatic heterocycles. The minimum Gasteiger partial charge on any atom is -0.328 e. The smallest absolute Gasteiger partial charge is 0.323 e. The number of nitrogens with zero attached hydrogens (tertiary/aromatic N) is 2. The largest absolute Gasteiger partial charge is 0.328 e. The van der Waals surface area contributed by atoms with Gasteiger partial charge >= 0.3 is 6.03 Å². The van der Waals surface area contributed by atoms with Crippen molar-refractivity contribution in [3.05, 3.63) is 89.8 Å². The number of hydrogen-bond donors (Lipinski definition) is 2. The van der Waals surface area contributed by atoms with Crippen LogP contribution in [0.2, 0.25) is 0 Å². The highest BCUT2D eigenvalue weighted by atomic mass is 19.1. The van der Waals surface area contributed by atoms with Crippen molar-refractivity contribution in [1.82, 2.24) is 9.55 Å². The molecule has 31 heavy (non-hydrogen) atoms. The van der Waals surface area contributed by atoms with Gasteiger partial charge in [0.05, 0.1) is 16.7 Å². The Balaban J connectivity index is 1.43. The second kappa shape index (κ2) is 8.95. The number of para-hydroxylation sites is 2. The summed E-state index contributed by atoms with van der Waals surface area (Å²) in [5, 5.41) is 4.99. The standard InChI is InChI=1S/C24H22F2N4O/c1-2-30-22-9-4-3-8-20(22)28-23(30)13-10-16-6-5-7-18(14-16)27-24(31)29-21-15-17(25)11-12-19(21)26/h3-9,11-12,14-15H,2,10,13H2,1H3,(H2,27,29,31). The Hall–Kier alpha value is -3.74. The Bertz CT molecular complexity index is 1240. The van der Waals surface area contributed by atoms with E-state index in [1.807, 2.05) is 36.4 Å². The summed E-state index contributed by atoms with van der Waals surface area (Å²) in [6.45, 7) is 2.94. The Labute approximate surface area is 178 Å². The van der Waals surface area contributed by atoms with Crippen LogP contribution in [0.5, 0.6) is 0 Å². The first-order valence-electron chi connectivity index (χ1n) is 10.1. The fourth-order valence-corrected chi connectivity index (χ4v) is 3.61. The minimum atomic E-state index is -0.705. The zero-order valence-electron chi connectivity index (χ0n) is 17.0. The van der Waals surface area contributed by atoms with Gasteiger partial charge in [0.1, 0.15) is 17.5 Å². The van der Waals surface area contributed by atoms with Gasteiger partial charge in [0.25, 0.3) is 0 Å². The van der Waals surface area contributed by atoms with Crippen molar-refractivity contribution in [3.8, 4) is 0 Å². The predicted octanol–water partition coefficient (Wildman–Crippen LogP) is 5.76. The molecule has 4 rings (SSSR count). The molecule has 0 bridgehead atoms. The van der Waals surface area contributed by atoms with Crippen molar-refractivity contribution < 1.29 is 13.6 Å². The average molecular weight is 420 g/mol. The van der Waals surface area contributed by atoms with Crippen molar-refractivity contribution in [2.24, 2.45) is 0 Å². The van der Waals surface area contributed by atoms with Crippen LogP contribution in [0.3, 0.4) is 0 Å². The number of anilines is 2. The summed E-state index contributed by atoms with van der Waals surface area (Å²) in [4.78, 5) is 16.9. The zero-order chi connectivity index (χ0) is 21.8. The third kappa shape index (κ3) is 4.71. The van der Waals surface area contributed by atoms with E-state index in [9.17, 15) is 13.6 Å². The number of hydrogen-bond acceptors (Lipinski definition) is 2. The highest BCUT2D eigenvalue weighted by Gasteiger charge is 2.11. The summed E-state index contributed by atoms with van der Waals surface area (Å²) in [5.74, 6) is -0.317. The monoisotopic (exact) mass is 420 g/mol. The second-order valence-electron chi connectivity index (χ2n) is 7.16. The number of urea groups is 1. The molecule has 158 valence electrons. The van der Waals surface area contributed by atoms with E-state index in [-0.39, 0.29) is 5.69 Å². The van der Waals surface area contributed by atoms with Crippen molar-refractivity contribution >= 4 is 28.4 Å². The van der Waals surface area contributed by atoms with Crippen LogP contribution in [0.4, 0.5) is 25.0 Å². The van der Waals surface area contributed by atoms with E-state index in [1.165, 1.54) is 0 Å². The number of aromatic nitrogens is 2. The number of carbonyl (C=O) groups is 1. The van der Waals surface area contributed by atoms with Gasteiger partial charge in [0.2, 0.25) is 0 Å². The van der Waals surface area contributed by atoms with Crippen LogP contribution in [0.1, 0.15) is 18.3 Å². The lowest BCUT2D eigenvalue weighted by Gasteiger charge is -2.10. The van der Waals surface area contributed by atoms with E-state index in [2.05, 4.69) is 28.2 Å². The lowest BCUT2D eigenvalue weighted by molar-refractivity contribution is 0.262. The van der Waals surface area contributed by atoms with Gasteiger partial charge in [0.15, 0.2) is 0 Å². The Morgan fingerprint density at radius 2 is 1.81 bits per heavy atom. The number of nitrogens with one attached hydrogen (secondary N) is 2. The molecule has 1 heterocycles. The van der Waals surface area contributed by atoms with Gasteiger partial charge in [-0.3, -0.25) is 0 Å². The summed E-state index contributed by atoms with van der Waals surface area (Å²) >= 11 is 0. The number of halogens is 2. The number of rotatable bonds is 6. The van der Waals surface area contributed by atoms with Crippen LogP contribution in [-0.2, 0) is 19.4 Å². The Kier molecular flexibility index (Phi) is 5.93. The predicted molar refractivity (Wildman–Crippen MR) is 118 cm³/mol. The first kappa shape index (κ1) is 20.5. The van der Waals surface area contributed by atoms with Gasteiger partial charge in [0, 0.05) is 24.7 Å². The maximum Gasteiger partial charge on any atom is 0.323 e. The highest BCUT2D eigenvalue weighted by Crippen LogP contribution is 2.19. The molecule has 0 spiro atoms. The van der Waals surface area contributed by atoms with Crippen molar-refractivity contribution in [3.63, 3.8) is 0 Å². The summed E-state index contributed by atoms with van der Waals surface area (Å²) in [6.07, 6.45) is 1.51. The van der Waals surface area contributed by atoms with Gasteiger partial charge < -0.3 is 15.2 Å². The first-order valence-corrected chi connectivity index (χ1v) is 10.1. The van der Waals surface area contributed by atoms with E-state index >= 15 is 0 Å².